The molecule has 0 aliphatic rings. The van der Waals surface area contributed by atoms with E-state index in [2.05, 4.69) is 4.98 Å². The fraction of sp³-hybridized carbons (Fsp3) is 0.125. The minimum atomic E-state index is -1.17. The summed E-state index contributed by atoms with van der Waals surface area (Å²) < 4.78 is 0. The van der Waals surface area contributed by atoms with Gasteiger partial charge in [-0.2, -0.15) is 0 Å². The van der Waals surface area contributed by atoms with Gasteiger partial charge in [-0.1, -0.05) is 0 Å². The highest BCUT2D eigenvalue weighted by atomic mass is 16.4. The van der Waals surface area contributed by atoms with Crippen LogP contribution in [0.1, 0.15) is 21.6 Å². The standard InChI is InChI=1S/C8H10N4O2/c1-3-2-4(8(13)14)5(6(9)10)7(11)12-3/h2H,1H3,(H3,9,10)(H2,11,12)(H,13,14). The summed E-state index contributed by atoms with van der Waals surface area (Å²) in [5.41, 5.74) is 11.0. The number of aryl methyl sites for hydroxylation is 1. The van der Waals surface area contributed by atoms with Crippen LogP contribution < -0.4 is 11.5 Å². The van der Waals surface area contributed by atoms with Crippen LogP contribution in [-0.4, -0.2) is 21.9 Å². The molecule has 74 valence electrons. The van der Waals surface area contributed by atoms with Crippen molar-refractivity contribution in [1.82, 2.24) is 4.98 Å². The van der Waals surface area contributed by atoms with Crippen LogP contribution in [0.2, 0.25) is 0 Å². The Morgan fingerprint density at radius 1 is 1.64 bits per heavy atom. The van der Waals surface area contributed by atoms with Crippen molar-refractivity contribution in [3.63, 3.8) is 0 Å². The second kappa shape index (κ2) is 3.33. The lowest BCUT2D eigenvalue weighted by molar-refractivity contribution is 0.0696. The molecule has 6 N–H and O–H groups in total. The molecule has 1 aromatic rings. The molecule has 0 fully saturated rings. The zero-order valence-corrected chi connectivity index (χ0v) is 7.53. The number of amidine groups is 1. The van der Waals surface area contributed by atoms with Crippen LogP contribution in [-0.2, 0) is 0 Å². The number of rotatable bonds is 2. The van der Waals surface area contributed by atoms with Crippen LogP contribution >= 0.6 is 0 Å². The maximum Gasteiger partial charge on any atom is 0.336 e. The molecule has 0 atom stereocenters. The normalized spacial score (nSPS) is 9.79. The summed E-state index contributed by atoms with van der Waals surface area (Å²) in [7, 11) is 0. The molecule has 6 nitrogen and oxygen atoms in total. The molecule has 0 radical (unpaired) electrons. The highest BCUT2D eigenvalue weighted by molar-refractivity contribution is 6.08. The van der Waals surface area contributed by atoms with Gasteiger partial charge < -0.3 is 16.6 Å². The van der Waals surface area contributed by atoms with E-state index in [9.17, 15) is 4.79 Å². The summed E-state index contributed by atoms with van der Waals surface area (Å²) in [6.45, 7) is 1.62. The van der Waals surface area contributed by atoms with Crippen LogP contribution in [0.5, 0.6) is 0 Å². The Morgan fingerprint density at radius 3 is 2.64 bits per heavy atom. The Balaban J connectivity index is 3.52. The van der Waals surface area contributed by atoms with Gasteiger partial charge in [0, 0.05) is 5.69 Å². The van der Waals surface area contributed by atoms with Crippen molar-refractivity contribution in [2.24, 2.45) is 5.73 Å². The Morgan fingerprint density at radius 2 is 2.21 bits per heavy atom. The molecule has 0 saturated carbocycles. The first-order valence-corrected chi connectivity index (χ1v) is 3.78. The number of nitrogen functional groups attached to an aromatic ring is 2. The molecule has 0 amide bonds. The van der Waals surface area contributed by atoms with E-state index in [-0.39, 0.29) is 16.9 Å². The molecule has 1 heterocycles. The van der Waals surface area contributed by atoms with Gasteiger partial charge in [-0.3, -0.25) is 5.41 Å². The van der Waals surface area contributed by atoms with Crippen molar-refractivity contribution in [2.45, 2.75) is 6.92 Å². The predicted octanol–water partition coefficient (Wildman–Crippen LogP) is -0.0455. The smallest absolute Gasteiger partial charge is 0.336 e. The summed E-state index contributed by atoms with van der Waals surface area (Å²) in [5, 5.41) is 16.0. The number of aromatic nitrogens is 1. The van der Waals surface area contributed by atoms with Gasteiger partial charge in [-0.15, -0.1) is 0 Å². The number of pyridine rings is 1. The quantitative estimate of drug-likeness (QED) is 0.388. The third kappa shape index (κ3) is 1.63. The van der Waals surface area contributed by atoms with E-state index in [0.717, 1.165) is 0 Å². The first-order chi connectivity index (χ1) is 6.43. The first-order valence-electron chi connectivity index (χ1n) is 3.78. The SMILES string of the molecule is Cc1cc(C(=O)O)c(C(=N)N)c(N)n1. The number of carboxylic acids is 1. The third-order valence-electron chi connectivity index (χ3n) is 1.68. The summed E-state index contributed by atoms with van der Waals surface area (Å²) in [6, 6.07) is 1.33. The zero-order valence-electron chi connectivity index (χ0n) is 7.53. The lowest BCUT2D eigenvalue weighted by Crippen LogP contribution is -2.20. The number of nitrogens with one attached hydrogen (secondary N) is 1. The van der Waals surface area contributed by atoms with E-state index in [4.69, 9.17) is 22.0 Å². The molecule has 6 heteroatoms. The maximum absolute atomic E-state index is 10.8. The molecule has 0 aliphatic carbocycles. The number of nitrogens with two attached hydrogens (primary N) is 2. The summed E-state index contributed by atoms with van der Waals surface area (Å²) in [5.74, 6) is -1.60. The van der Waals surface area contributed by atoms with Crippen LogP contribution in [0.3, 0.4) is 0 Å². The van der Waals surface area contributed by atoms with Gasteiger partial charge in [-0.05, 0) is 13.0 Å². The topological polar surface area (TPSA) is 126 Å². The molecular weight excluding hydrogens is 184 g/mol. The summed E-state index contributed by atoms with van der Waals surface area (Å²) >= 11 is 0. The van der Waals surface area contributed by atoms with E-state index in [1.165, 1.54) is 6.07 Å². The Hall–Kier alpha value is -2.11. The van der Waals surface area contributed by atoms with Crippen LogP contribution in [0.4, 0.5) is 5.82 Å². The highest BCUT2D eigenvalue weighted by Crippen LogP contribution is 2.15. The van der Waals surface area contributed by atoms with Gasteiger partial charge in [0.25, 0.3) is 0 Å². The number of nitrogens with zero attached hydrogens (tertiary/aromatic N) is 1. The van der Waals surface area contributed by atoms with E-state index >= 15 is 0 Å². The largest absolute Gasteiger partial charge is 0.478 e. The average molecular weight is 194 g/mol. The molecule has 0 spiro atoms. The van der Waals surface area contributed by atoms with Crippen molar-refractivity contribution < 1.29 is 9.90 Å². The van der Waals surface area contributed by atoms with Gasteiger partial charge >= 0.3 is 5.97 Å². The molecule has 0 bridgehead atoms. The molecular formula is C8H10N4O2. The number of carboxylic acid groups (broad SMARTS) is 1. The summed E-state index contributed by atoms with van der Waals surface area (Å²) in [4.78, 5) is 14.6. The highest BCUT2D eigenvalue weighted by Gasteiger charge is 2.16. The second-order valence-electron chi connectivity index (χ2n) is 2.79. The molecule has 14 heavy (non-hydrogen) atoms. The van der Waals surface area contributed by atoms with E-state index < -0.39 is 11.8 Å². The Labute approximate surface area is 80.1 Å². The number of hydrogen-bond acceptors (Lipinski definition) is 4. The lowest BCUT2D eigenvalue weighted by atomic mass is 10.1. The van der Waals surface area contributed by atoms with Crippen molar-refractivity contribution in [2.75, 3.05) is 5.73 Å². The molecule has 1 rings (SSSR count). The fourth-order valence-corrected chi connectivity index (χ4v) is 1.15. The van der Waals surface area contributed by atoms with Gasteiger partial charge in [0.05, 0.1) is 11.1 Å². The number of aromatic carboxylic acids is 1. The molecule has 0 saturated heterocycles. The fourth-order valence-electron chi connectivity index (χ4n) is 1.15. The van der Waals surface area contributed by atoms with Gasteiger partial charge in [0.1, 0.15) is 11.7 Å². The molecule has 1 aromatic heterocycles. The van der Waals surface area contributed by atoms with Crippen molar-refractivity contribution in [3.8, 4) is 0 Å². The second-order valence-corrected chi connectivity index (χ2v) is 2.79. The number of anilines is 1. The predicted molar refractivity (Wildman–Crippen MR) is 51.4 cm³/mol. The molecule has 0 aliphatic heterocycles. The zero-order chi connectivity index (χ0) is 10.9. The van der Waals surface area contributed by atoms with E-state index in [1.807, 2.05) is 0 Å². The monoisotopic (exact) mass is 194 g/mol. The Kier molecular flexibility index (Phi) is 2.37. The number of hydrogen-bond donors (Lipinski definition) is 4. The minimum Gasteiger partial charge on any atom is -0.478 e. The van der Waals surface area contributed by atoms with Crippen LogP contribution in [0.25, 0.3) is 0 Å². The lowest BCUT2D eigenvalue weighted by Gasteiger charge is -2.07. The van der Waals surface area contributed by atoms with Crippen LogP contribution in [0, 0.1) is 12.3 Å². The van der Waals surface area contributed by atoms with Crippen LogP contribution in [0.15, 0.2) is 6.07 Å². The molecule has 0 unspecified atom stereocenters. The van der Waals surface area contributed by atoms with Gasteiger partial charge in [0.15, 0.2) is 0 Å². The Bertz CT molecular complexity index is 414. The summed E-state index contributed by atoms with van der Waals surface area (Å²) in [6.07, 6.45) is 0. The van der Waals surface area contributed by atoms with Gasteiger partial charge in [-0.25, -0.2) is 9.78 Å². The van der Waals surface area contributed by atoms with E-state index in [1.54, 1.807) is 6.92 Å². The molecule has 0 aromatic carbocycles. The van der Waals surface area contributed by atoms with Crippen molar-refractivity contribution in [1.29, 1.82) is 5.41 Å². The van der Waals surface area contributed by atoms with E-state index in [0.29, 0.717) is 5.69 Å². The van der Waals surface area contributed by atoms with Crippen molar-refractivity contribution >= 4 is 17.6 Å². The maximum atomic E-state index is 10.8. The minimum absolute atomic E-state index is 0.0249. The third-order valence-corrected chi connectivity index (χ3v) is 1.68. The number of carbonyl (C=O) groups is 1. The van der Waals surface area contributed by atoms with Gasteiger partial charge in [0.2, 0.25) is 0 Å². The average Bonchev–Trinajstić information content (AvgIpc) is 2.01. The van der Waals surface area contributed by atoms with Crippen molar-refractivity contribution in [3.05, 3.63) is 22.9 Å². The first kappa shape index (κ1) is 9.97.